The molecule has 1 unspecified atom stereocenters. The van der Waals surface area contributed by atoms with Crippen LogP contribution in [-0.4, -0.2) is 70.7 Å². The molecule has 0 radical (unpaired) electrons. The third kappa shape index (κ3) is 8.40. The number of aryl methyl sites for hydroxylation is 1. The van der Waals surface area contributed by atoms with E-state index in [-0.39, 0.29) is 95.7 Å². The Morgan fingerprint density at radius 2 is 1.75 bits per heavy atom. The average molecular weight is 830 g/mol. The van der Waals surface area contributed by atoms with Gasteiger partial charge in [0.05, 0.1) is 5.75 Å². The van der Waals surface area contributed by atoms with Gasteiger partial charge in [-0.15, -0.1) is 0 Å². The lowest BCUT2D eigenvalue weighted by Gasteiger charge is -2.29. The number of nitrogens with one attached hydrogen (secondary N) is 5. The zero-order valence-corrected chi connectivity index (χ0v) is 32.4. The number of aromatic nitrogens is 2. The number of rotatable bonds is 13. The predicted octanol–water partition coefficient (Wildman–Crippen LogP) is 4.28. The minimum atomic E-state index is -3.73. The summed E-state index contributed by atoms with van der Waals surface area (Å²) in [7, 11) is -2.26. The van der Waals surface area contributed by atoms with Crippen LogP contribution >= 0.6 is 0 Å². The highest BCUT2D eigenvalue weighted by molar-refractivity contribution is 7.92. The number of hydrogen-bond donors (Lipinski definition) is 5. The quantitative estimate of drug-likeness (QED) is 0.0845. The molecule has 5 aromatic rings. The van der Waals surface area contributed by atoms with Gasteiger partial charge in [-0.1, -0.05) is 6.07 Å². The van der Waals surface area contributed by atoms with E-state index in [9.17, 15) is 46.0 Å². The Balaban J connectivity index is 1.06. The Hall–Kier alpha value is -6.89. The summed E-state index contributed by atoms with van der Waals surface area (Å²) in [6.07, 6.45) is 1.95. The number of imide groups is 1. The number of amides is 5. The number of carbonyl (C=O) groups is 5. The van der Waals surface area contributed by atoms with E-state index in [1.807, 2.05) is 0 Å². The number of fused-ring (bicyclic) bond motifs is 2. The van der Waals surface area contributed by atoms with Gasteiger partial charge in [0.1, 0.15) is 28.8 Å². The molecule has 19 heteroatoms. The van der Waals surface area contributed by atoms with Crippen molar-refractivity contribution in [1.29, 1.82) is 0 Å². The summed E-state index contributed by atoms with van der Waals surface area (Å²) >= 11 is 0. The molecule has 1 fully saturated rings. The topological polar surface area (TPSA) is 218 Å². The van der Waals surface area contributed by atoms with Crippen LogP contribution in [0, 0.1) is 11.6 Å². The molecule has 0 bridgehead atoms. The van der Waals surface area contributed by atoms with Crippen LogP contribution in [0.3, 0.4) is 0 Å². The molecule has 2 aromatic heterocycles. The molecular weight excluding hydrogens is 793 g/mol. The fraction of sp³-hybridized carbons (Fsp3) is 0.250. The minimum Gasteiger partial charge on any atom is -0.454 e. The fourth-order valence-electron chi connectivity index (χ4n) is 6.95. The number of anilines is 2. The van der Waals surface area contributed by atoms with Crippen molar-refractivity contribution < 1.29 is 45.9 Å². The third-order valence-electron chi connectivity index (χ3n) is 9.97. The van der Waals surface area contributed by atoms with Gasteiger partial charge >= 0.3 is 0 Å². The number of carbonyl (C=O) groups excluding carboxylic acids is 5. The Morgan fingerprint density at radius 1 is 0.966 bits per heavy atom. The van der Waals surface area contributed by atoms with Gasteiger partial charge in [-0.05, 0) is 68.3 Å². The van der Waals surface area contributed by atoms with Crippen molar-refractivity contribution in [3.63, 3.8) is 0 Å². The molecular formula is C40H37F2N7O9S. The number of H-pyrrole nitrogens is 1. The molecule has 5 amide bonds. The summed E-state index contributed by atoms with van der Waals surface area (Å²) in [5, 5.41) is 8.04. The molecule has 16 nitrogen and oxygen atoms in total. The maximum absolute atomic E-state index is 14.7. The van der Waals surface area contributed by atoms with Crippen LogP contribution in [-0.2, 0) is 38.0 Å². The second kappa shape index (κ2) is 16.2. The summed E-state index contributed by atoms with van der Waals surface area (Å²) in [5.41, 5.74) is 1.46. The van der Waals surface area contributed by atoms with E-state index in [1.165, 1.54) is 53.9 Å². The summed E-state index contributed by atoms with van der Waals surface area (Å²) < 4.78 is 62.8. The van der Waals surface area contributed by atoms with Crippen molar-refractivity contribution in [2.24, 2.45) is 7.05 Å². The van der Waals surface area contributed by atoms with E-state index >= 15 is 0 Å². The Bertz CT molecular complexity index is 2750. The van der Waals surface area contributed by atoms with Crippen molar-refractivity contribution in [3.05, 3.63) is 106 Å². The normalized spacial score (nSPS) is 15.2. The standard InChI is InChI=1S/C40H37F2N7O9S/c1-3-59(56,57)47-22-10-13-32(58-33-12-9-21(41)16-28(33)42)24(17-22)26-19-48(2)40(55)36-25(26)18-30(45-36)37(52)43-15-5-8-34(50)44-29-7-4-6-23-27(29)20-49(39(23)54)31-11-14-35(51)46-38(31)53/h4,6-7,9-10,12-13,16-19,31,45,47H,3,5,8,11,14-15,20H2,1-2H3,(H,43,52)(H,44,50)(H,46,51,53). The number of benzene rings is 3. The van der Waals surface area contributed by atoms with Crippen LogP contribution in [0.15, 0.2) is 71.7 Å². The second-order valence-electron chi connectivity index (χ2n) is 14.0. The van der Waals surface area contributed by atoms with Gasteiger partial charge in [0.2, 0.25) is 27.7 Å². The molecule has 3 aromatic carbocycles. The molecule has 1 saturated heterocycles. The Morgan fingerprint density at radius 3 is 2.49 bits per heavy atom. The number of ether oxygens (including phenoxy) is 1. The molecule has 1 atom stereocenters. The van der Waals surface area contributed by atoms with E-state index in [0.717, 1.165) is 12.1 Å². The van der Waals surface area contributed by atoms with E-state index in [2.05, 4.69) is 25.7 Å². The average Bonchev–Trinajstić information content (AvgIpc) is 3.79. The summed E-state index contributed by atoms with van der Waals surface area (Å²) in [4.78, 5) is 81.1. The van der Waals surface area contributed by atoms with Crippen LogP contribution in [0.4, 0.5) is 20.2 Å². The summed E-state index contributed by atoms with van der Waals surface area (Å²) in [6, 6.07) is 12.4. The van der Waals surface area contributed by atoms with Crippen molar-refractivity contribution >= 4 is 61.8 Å². The lowest BCUT2D eigenvalue weighted by atomic mass is 10.0. The van der Waals surface area contributed by atoms with Crippen LogP contribution in [0.2, 0.25) is 0 Å². The first-order chi connectivity index (χ1) is 28.1. The number of piperidine rings is 1. The first kappa shape index (κ1) is 40.3. The van der Waals surface area contributed by atoms with Gasteiger partial charge in [-0.2, -0.15) is 0 Å². The lowest BCUT2D eigenvalue weighted by molar-refractivity contribution is -0.137. The predicted molar refractivity (Wildman–Crippen MR) is 211 cm³/mol. The molecule has 2 aliphatic heterocycles. The Kier molecular flexibility index (Phi) is 11.0. The van der Waals surface area contributed by atoms with Crippen molar-refractivity contribution in [2.75, 3.05) is 22.3 Å². The van der Waals surface area contributed by atoms with Gasteiger partial charge in [0.15, 0.2) is 11.6 Å². The molecule has 7 rings (SSSR count). The van der Waals surface area contributed by atoms with Gasteiger partial charge < -0.3 is 29.8 Å². The second-order valence-corrected chi connectivity index (χ2v) is 16.0. The number of hydrogen-bond acceptors (Lipinski definition) is 9. The minimum absolute atomic E-state index is 0.00558. The lowest BCUT2D eigenvalue weighted by Crippen LogP contribution is -2.52. The largest absolute Gasteiger partial charge is 0.454 e. The number of nitrogens with zero attached hydrogens (tertiary/aromatic N) is 2. The Labute approximate surface area is 335 Å². The zero-order chi connectivity index (χ0) is 42.2. The van der Waals surface area contributed by atoms with E-state index in [1.54, 1.807) is 18.2 Å². The van der Waals surface area contributed by atoms with Gasteiger partial charge in [0, 0.05) is 84.3 Å². The SMILES string of the molecule is CCS(=O)(=O)Nc1ccc(Oc2ccc(F)cc2F)c(-c2cn(C)c(=O)c3[nH]c(C(=O)NCCCC(=O)Nc4cccc5c4CN(C4CCC(=O)NC4=O)C5=O)cc23)c1. The van der Waals surface area contributed by atoms with E-state index in [4.69, 9.17) is 4.74 Å². The molecule has 2 aliphatic rings. The monoisotopic (exact) mass is 829 g/mol. The third-order valence-corrected chi connectivity index (χ3v) is 11.3. The summed E-state index contributed by atoms with van der Waals surface area (Å²) in [6.45, 7) is 1.59. The molecule has 0 aliphatic carbocycles. The maximum atomic E-state index is 14.7. The number of halogens is 2. The zero-order valence-electron chi connectivity index (χ0n) is 31.6. The highest BCUT2D eigenvalue weighted by Gasteiger charge is 2.40. The van der Waals surface area contributed by atoms with Crippen LogP contribution < -0.4 is 31.0 Å². The molecule has 5 N–H and O–H groups in total. The number of sulfonamides is 1. The first-order valence-electron chi connectivity index (χ1n) is 18.5. The van der Waals surface area contributed by atoms with Crippen LogP contribution in [0.1, 0.15) is 59.0 Å². The molecule has 306 valence electrons. The highest BCUT2D eigenvalue weighted by Crippen LogP contribution is 2.40. The van der Waals surface area contributed by atoms with Gasteiger partial charge in [0.25, 0.3) is 17.4 Å². The van der Waals surface area contributed by atoms with Gasteiger partial charge in [-0.3, -0.25) is 38.8 Å². The molecule has 0 spiro atoms. The fourth-order valence-corrected chi connectivity index (χ4v) is 7.58. The smallest absolute Gasteiger partial charge is 0.274 e. The number of aromatic amines is 1. The highest BCUT2D eigenvalue weighted by atomic mass is 32.2. The van der Waals surface area contributed by atoms with Crippen molar-refractivity contribution in [3.8, 4) is 22.6 Å². The van der Waals surface area contributed by atoms with E-state index < -0.39 is 51.0 Å². The van der Waals surface area contributed by atoms with Crippen LogP contribution in [0.5, 0.6) is 11.5 Å². The van der Waals surface area contributed by atoms with Crippen molar-refractivity contribution in [2.45, 2.75) is 45.2 Å². The molecule has 0 saturated carbocycles. The number of pyridine rings is 1. The molecule has 59 heavy (non-hydrogen) atoms. The van der Waals surface area contributed by atoms with Crippen LogP contribution in [0.25, 0.3) is 22.0 Å². The summed E-state index contributed by atoms with van der Waals surface area (Å²) in [5.74, 6) is -4.65. The maximum Gasteiger partial charge on any atom is 0.274 e. The van der Waals surface area contributed by atoms with Gasteiger partial charge in [-0.25, -0.2) is 17.2 Å². The first-order valence-corrected chi connectivity index (χ1v) is 20.1. The van der Waals surface area contributed by atoms with Crippen molar-refractivity contribution in [1.82, 2.24) is 25.1 Å². The molecule has 4 heterocycles. The van der Waals surface area contributed by atoms with E-state index in [0.29, 0.717) is 28.4 Å².